The third kappa shape index (κ3) is 109. The average Bonchev–Trinajstić information content (AvgIpc) is 1.27. The molecule has 0 fully saturated rings. The van der Waals surface area contributed by atoms with Crippen LogP contribution in [-0.4, -0.2) is 9.05 Å². The summed E-state index contributed by atoms with van der Waals surface area (Å²) in [5, 5.41) is 0. The summed E-state index contributed by atoms with van der Waals surface area (Å²) in [5.74, 6) is 0. The van der Waals surface area contributed by atoms with Gasteiger partial charge in [-0.2, -0.15) is 0 Å². The molecule has 0 bridgehead atoms. The first-order valence-corrected chi connectivity index (χ1v) is 3.27. The van der Waals surface area contributed by atoms with E-state index in [2.05, 4.69) is 13.5 Å². The molecule has 0 amide bonds. The Morgan fingerprint density at radius 3 is 0.923 bits per heavy atom. The number of rotatable bonds is 0. The van der Waals surface area contributed by atoms with Gasteiger partial charge in [0.1, 0.15) is 0 Å². The van der Waals surface area contributed by atoms with Crippen molar-refractivity contribution < 1.29 is 254 Å². The van der Waals surface area contributed by atoms with E-state index in [0.717, 1.165) is 0 Å². The molecule has 0 radical (unpaired) electrons. The van der Waals surface area contributed by atoms with Crippen LogP contribution in [0.5, 0.6) is 0 Å². The van der Waals surface area contributed by atoms with Crippen LogP contribution in [0, 0.1) is 6.92 Å². The molecule has 50 valence electrons. The van der Waals surface area contributed by atoms with Crippen LogP contribution in [-0.2, 0) is 0 Å². The van der Waals surface area contributed by atoms with Gasteiger partial charge >= 0.3 is 235 Å². The number of hydrogen-bond donors (Lipinski definition) is 0. The third-order valence-electron chi connectivity index (χ3n) is 0. The van der Waals surface area contributed by atoms with Crippen LogP contribution in [0.1, 0.15) is 0 Å². The molecule has 0 aromatic carbocycles. The summed E-state index contributed by atoms with van der Waals surface area (Å²) in [5.41, 5.74) is 0. The molecule has 13 heavy (non-hydrogen) atoms. The van der Waals surface area contributed by atoms with E-state index in [0.29, 0.717) is 0 Å². The molecule has 10 heteroatoms. The second kappa shape index (κ2) is 31.5. The van der Waals surface area contributed by atoms with Crippen molar-refractivity contribution in [3.63, 3.8) is 0 Å². The molecule has 0 N–H and O–H groups in total. The molecular weight excluding hydrogens is 307 g/mol. The van der Waals surface area contributed by atoms with Crippen LogP contribution in [0.15, 0.2) is 12.7 Å². The van der Waals surface area contributed by atoms with E-state index in [1.165, 1.54) is 6.08 Å². The normalized spacial score (nSPS) is 5.54. The Hall–Kier alpha value is 7.21. The Kier molecular flexibility index (Phi) is 104. The van der Waals surface area contributed by atoms with Gasteiger partial charge < -0.3 is 28.2 Å². The van der Waals surface area contributed by atoms with E-state index in [-0.39, 0.29) is 235 Å². The summed E-state index contributed by atoms with van der Waals surface area (Å²) in [4.78, 5) is 34.3. The SMILES string of the molecule is C=C[CH2-].[K+].[K+].[K+].[K+].[Na+].[O-][Si]([O-])([O-])[O-]. The number of hydrogen-bond acceptors (Lipinski definition) is 4. The molecule has 0 unspecified atom stereocenters. The molecule has 0 heterocycles. The van der Waals surface area contributed by atoms with Gasteiger partial charge in [0.05, 0.1) is 0 Å². The molecule has 0 aliphatic heterocycles. The molecule has 0 atom stereocenters. The van der Waals surface area contributed by atoms with Gasteiger partial charge in [-0.15, -0.1) is 0 Å². The standard InChI is InChI=1S/C3H5.4K.Na.O4Si/c1-3-2;;;;;;1-5(2,3)4/h3H,1-2H2;;;;;;/q-1;5*+1;-4. The molecular formula is C3H5K4NaO4Si. The fourth-order valence-electron chi connectivity index (χ4n) is 0. The fraction of sp³-hybridized carbons (Fsp3) is 0. The van der Waals surface area contributed by atoms with Crippen LogP contribution in [0.25, 0.3) is 0 Å². The third-order valence-corrected chi connectivity index (χ3v) is 0. The largest absolute Gasteiger partial charge is 1.00 e. The van der Waals surface area contributed by atoms with E-state index in [4.69, 9.17) is 19.2 Å². The molecule has 0 spiro atoms. The summed E-state index contributed by atoms with van der Waals surface area (Å²) in [6, 6.07) is 0. The van der Waals surface area contributed by atoms with Crippen molar-refractivity contribution in [2.75, 3.05) is 0 Å². The van der Waals surface area contributed by atoms with Gasteiger partial charge in [-0.05, 0) is 0 Å². The van der Waals surface area contributed by atoms with Crippen molar-refractivity contribution in [3.8, 4) is 0 Å². The van der Waals surface area contributed by atoms with Gasteiger partial charge in [0, 0.05) is 0 Å². The first-order chi connectivity index (χ1) is 3.41. The first kappa shape index (κ1) is 42.7. The maximum atomic E-state index is 8.58. The van der Waals surface area contributed by atoms with Crippen molar-refractivity contribution in [2.45, 2.75) is 0 Å². The van der Waals surface area contributed by atoms with Gasteiger partial charge in [0.25, 0.3) is 0 Å². The molecule has 0 aromatic rings. The molecule has 0 aliphatic carbocycles. The van der Waals surface area contributed by atoms with Crippen LogP contribution < -0.4 is 254 Å². The van der Waals surface area contributed by atoms with E-state index in [9.17, 15) is 0 Å². The minimum atomic E-state index is -5.61. The van der Waals surface area contributed by atoms with Gasteiger partial charge in [-0.1, -0.05) is 0 Å². The summed E-state index contributed by atoms with van der Waals surface area (Å²) < 4.78 is 0. The maximum absolute atomic E-state index is 8.58. The smallest absolute Gasteiger partial charge is 0.894 e. The van der Waals surface area contributed by atoms with E-state index >= 15 is 0 Å². The molecule has 0 rings (SSSR count). The van der Waals surface area contributed by atoms with Crippen molar-refractivity contribution in [2.24, 2.45) is 0 Å². The summed E-state index contributed by atoms with van der Waals surface area (Å²) in [6.45, 7) is 6.50. The first-order valence-electron chi connectivity index (χ1n) is 1.63. The van der Waals surface area contributed by atoms with Crippen molar-refractivity contribution >= 4 is 9.05 Å². The molecule has 0 aliphatic rings. The second-order valence-electron chi connectivity index (χ2n) is 0.789. The predicted molar refractivity (Wildman–Crippen MR) is 21.3 cm³/mol. The molecule has 0 saturated heterocycles. The van der Waals surface area contributed by atoms with Crippen molar-refractivity contribution in [1.82, 2.24) is 0 Å². The maximum Gasteiger partial charge on any atom is 1.00 e. The minimum Gasteiger partial charge on any atom is -0.894 e. The fourth-order valence-corrected chi connectivity index (χ4v) is 0. The zero-order chi connectivity index (χ0) is 7.21. The van der Waals surface area contributed by atoms with Gasteiger partial charge in [-0.25, -0.2) is 19.6 Å². The average molecular weight is 313 g/mol. The predicted octanol–water partition coefficient (Wildman–Crippen LogP) is -19.1. The van der Waals surface area contributed by atoms with E-state index in [1.807, 2.05) is 0 Å². The van der Waals surface area contributed by atoms with Crippen molar-refractivity contribution in [1.29, 1.82) is 0 Å². The van der Waals surface area contributed by atoms with Gasteiger partial charge in [0.2, 0.25) is 0 Å². The minimum absolute atomic E-state index is 0. The zero-order valence-electron chi connectivity index (χ0n) is 9.12. The Labute approximate surface area is 273 Å². The molecule has 0 aromatic heterocycles. The van der Waals surface area contributed by atoms with Crippen molar-refractivity contribution in [3.05, 3.63) is 19.6 Å². The molecule has 4 nitrogen and oxygen atoms in total. The van der Waals surface area contributed by atoms with Gasteiger partial charge in [0.15, 0.2) is 0 Å². The summed E-state index contributed by atoms with van der Waals surface area (Å²) in [6.07, 6.45) is 1.50. The Morgan fingerprint density at radius 2 is 0.923 bits per heavy atom. The van der Waals surface area contributed by atoms with Crippen LogP contribution in [0.2, 0.25) is 0 Å². The van der Waals surface area contributed by atoms with Gasteiger partial charge in [-0.3, -0.25) is 0 Å². The summed E-state index contributed by atoms with van der Waals surface area (Å²) >= 11 is 0. The molecule has 0 saturated carbocycles. The van der Waals surface area contributed by atoms with E-state index < -0.39 is 9.05 Å². The summed E-state index contributed by atoms with van der Waals surface area (Å²) in [7, 11) is -5.61. The van der Waals surface area contributed by atoms with Crippen LogP contribution in [0.4, 0.5) is 0 Å². The Bertz CT molecular complexity index is 66.9. The topological polar surface area (TPSA) is 92.2 Å². The zero-order valence-corrected chi connectivity index (χ0v) is 24.6. The monoisotopic (exact) mass is 312 g/mol. The Balaban J connectivity index is -0.00000000840. The second-order valence-corrected chi connectivity index (χ2v) is 1.79. The van der Waals surface area contributed by atoms with E-state index in [1.54, 1.807) is 0 Å². The van der Waals surface area contributed by atoms with Crippen LogP contribution >= 0.6 is 0 Å². The number of allylic oxidation sites excluding steroid dienone is 1. The Morgan fingerprint density at radius 1 is 0.923 bits per heavy atom. The van der Waals surface area contributed by atoms with Crippen LogP contribution in [0.3, 0.4) is 0 Å². The quantitative estimate of drug-likeness (QED) is 0.328.